The lowest BCUT2D eigenvalue weighted by atomic mass is 10.00. The molecule has 0 unspecified atom stereocenters. The molecule has 6 heteroatoms. The van der Waals surface area contributed by atoms with Gasteiger partial charge in [-0.3, -0.25) is 0 Å². The molecule has 2 rings (SSSR count). The van der Waals surface area contributed by atoms with Gasteiger partial charge in [0.25, 0.3) is 0 Å². The van der Waals surface area contributed by atoms with Crippen LogP contribution in [0.15, 0.2) is 21.1 Å². The van der Waals surface area contributed by atoms with Crippen LogP contribution in [0.1, 0.15) is 19.8 Å². The number of carbonyl (C=O) groups excluding carboxylic acids is 1. The van der Waals surface area contributed by atoms with Crippen molar-refractivity contribution in [2.45, 2.75) is 19.8 Å². The van der Waals surface area contributed by atoms with Crippen molar-refractivity contribution in [3.63, 3.8) is 0 Å². The fraction of sp³-hybridized carbons (Fsp3) is 0.462. The number of rotatable bonds is 1. The lowest BCUT2D eigenvalue weighted by Crippen LogP contribution is -2.40. The Labute approximate surface area is 130 Å². The molecule has 0 saturated carbocycles. The van der Waals surface area contributed by atoms with Gasteiger partial charge < -0.3 is 16.0 Å². The van der Waals surface area contributed by atoms with Gasteiger partial charge in [0, 0.05) is 22.0 Å². The molecule has 1 fully saturated rings. The molecule has 0 aliphatic carbocycles. The Kier molecular flexibility index (Phi) is 4.73. The maximum Gasteiger partial charge on any atom is 0.321 e. The van der Waals surface area contributed by atoms with Crippen molar-refractivity contribution >= 4 is 49.3 Å². The summed E-state index contributed by atoms with van der Waals surface area (Å²) < 4.78 is 1.65. The van der Waals surface area contributed by atoms with Crippen molar-refractivity contribution < 1.29 is 4.79 Å². The highest BCUT2D eigenvalue weighted by molar-refractivity contribution is 9.11. The van der Waals surface area contributed by atoms with Gasteiger partial charge >= 0.3 is 6.03 Å². The number of halogens is 2. The Morgan fingerprint density at radius 3 is 2.58 bits per heavy atom. The van der Waals surface area contributed by atoms with E-state index in [0.29, 0.717) is 17.3 Å². The number of amides is 2. The van der Waals surface area contributed by atoms with Crippen LogP contribution in [-0.4, -0.2) is 24.0 Å². The van der Waals surface area contributed by atoms with Crippen LogP contribution in [0.2, 0.25) is 0 Å². The third-order valence-electron chi connectivity index (χ3n) is 3.39. The summed E-state index contributed by atoms with van der Waals surface area (Å²) in [6.45, 7) is 3.83. The number of nitrogens with one attached hydrogen (secondary N) is 1. The molecule has 0 bridgehead atoms. The van der Waals surface area contributed by atoms with Crippen LogP contribution in [0.5, 0.6) is 0 Å². The first-order valence-electron chi connectivity index (χ1n) is 6.28. The SMILES string of the molecule is CC1CCN(C(=O)Nc2c(N)cc(Br)cc2Br)CC1. The second-order valence-electron chi connectivity index (χ2n) is 4.95. The second kappa shape index (κ2) is 6.13. The van der Waals surface area contributed by atoms with E-state index in [4.69, 9.17) is 5.73 Å². The summed E-state index contributed by atoms with van der Waals surface area (Å²) in [5, 5.41) is 2.88. The highest BCUT2D eigenvalue weighted by atomic mass is 79.9. The molecule has 0 spiro atoms. The fourth-order valence-corrected chi connectivity index (χ4v) is 3.48. The molecular formula is C13H17Br2N3O. The first-order valence-corrected chi connectivity index (χ1v) is 7.86. The number of anilines is 2. The molecule has 19 heavy (non-hydrogen) atoms. The molecule has 1 aliphatic rings. The zero-order valence-corrected chi connectivity index (χ0v) is 13.9. The molecule has 2 amide bonds. The number of hydrogen-bond donors (Lipinski definition) is 2. The van der Waals surface area contributed by atoms with E-state index in [1.165, 1.54) is 0 Å². The maximum atomic E-state index is 12.2. The molecule has 0 atom stereocenters. The molecule has 1 aromatic carbocycles. The number of benzene rings is 1. The molecule has 1 aromatic rings. The molecule has 0 aromatic heterocycles. The largest absolute Gasteiger partial charge is 0.397 e. The van der Waals surface area contributed by atoms with Gasteiger partial charge in [0.15, 0.2) is 0 Å². The second-order valence-corrected chi connectivity index (χ2v) is 6.72. The minimum atomic E-state index is -0.0818. The van der Waals surface area contributed by atoms with Gasteiger partial charge in [-0.1, -0.05) is 22.9 Å². The van der Waals surface area contributed by atoms with Crippen LogP contribution in [0.25, 0.3) is 0 Å². The predicted molar refractivity (Wildman–Crippen MR) is 85.2 cm³/mol. The van der Waals surface area contributed by atoms with Gasteiger partial charge in [-0.2, -0.15) is 0 Å². The minimum Gasteiger partial charge on any atom is -0.397 e. The van der Waals surface area contributed by atoms with E-state index in [1.54, 1.807) is 6.07 Å². The van der Waals surface area contributed by atoms with Crippen LogP contribution in [0, 0.1) is 5.92 Å². The molecular weight excluding hydrogens is 374 g/mol. The number of piperidine rings is 1. The topological polar surface area (TPSA) is 58.4 Å². The lowest BCUT2D eigenvalue weighted by Gasteiger charge is -2.30. The Hall–Kier alpha value is -0.750. The van der Waals surface area contributed by atoms with Crippen LogP contribution in [-0.2, 0) is 0 Å². The van der Waals surface area contributed by atoms with Gasteiger partial charge in [0.2, 0.25) is 0 Å². The van der Waals surface area contributed by atoms with E-state index in [2.05, 4.69) is 44.1 Å². The van der Waals surface area contributed by atoms with Crippen molar-refractivity contribution in [3.05, 3.63) is 21.1 Å². The first kappa shape index (κ1) is 14.7. The summed E-state index contributed by atoms with van der Waals surface area (Å²) in [6.07, 6.45) is 2.12. The van der Waals surface area contributed by atoms with E-state index in [9.17, 15) is 4.79 Å². The standard InChI is InChI=1S/C13H17Br2N3O/c1-8-2-4-18(5-3-8)13(19)17-12-10(15)6-9(14)7-11(12)16/h6-8H,2-5,16H2,1H3,(H,17,19). The van der Waals surface area contributed by atoms with Gasteiger partial charge in [-0.05, 0) is 46.8 Å². The summed E-state index contributed by atoms with van der Waals surface area (Å²) in [5.41, 5.74) is 7.10. The van der Waals surface area contributed by atoms with Crippen molar-refractivity contribution in [1.82, 2.24) is 4.90 Å². The zero-order chi connectivity index (χ0) is 14.0. The third-order valence-corrected chi connectivity index (χ3v) is 4.47. The van der Waals surface area contributed by atoms with Gasteiger partial charge in [0.05, 0.1) is 11.4 Å². The van der Waals surface area contributed by atoms with Crippen LogP contribution in [0.4, 0.5) is 16.2 Å². The molecule has 104 valence electrons. The van der Waals surface area contributed by atoms with E-state index < -0.39 is 0 Å². The van der Waals surface area contributed by atoms with E-state index in [1.807, 2.05) is 11.0 Å². The lowest BCUT2D eigenvalue weighted by molar-refractivity contribution is 0.186. The quantitative estimate of drug-likeness (QED) is 0.710. The first-order chi connectivity index (χ1) is 8.97. The molecule has 1 aliphatic heterocycles. The normalized spacial score (nSPS) is 16.5. The molecule has 0 radical (unpaired) electrons. The van der Waals surface area contributed by atoms with Crippen LogP contribution >= 0.6 is 31.9 Å². The molecule has 1 heterocycles. The summed E-state index contributed by atoms with van der Waals surface area (Å²) >= 11 is 6.78. The highest BCUT2D eigenvalue weighted by Gasteiger charge is 2.21. The number of urea groups is 1. The molecule has 4 nitrogen and oxygen atoms in total. The number of nitrogen functional groups attached to an aromatic ring is 1. The monoisotopic (exact) mass is 389 g/mol. The number of nitrogens with two attached hydrogens (primary N) is 1. The number of hydrogen-bond acceptors (Lipinski definition) is 2. The highest BCUT2D eigenvalue weighted by Crippen LogP contribution is 2.33. The van der Waals surface area contributed by atoms with E-state index in [0.717, 1.165) is 34.9 Å². The van der Waals surface area contributed by atoms with E-state index in [-0.39, 0.29) is 6.03 Å². The Morgan fingerprint density at radius 1 is 1.37 bits per heavy atom. The molecule has 3 N–H and O–H groups in total. The Morgan fingerprint density at radius 2 is 2.00 bits per heavy atom. The summed E-state index contributed by atoms with van der Waals surface area (Å²) in [6, 6.07) is 3.56. The Bertz CT molecular complexity index is 462. The van der Waals surface area contributed by atoms with Crippen LogP contribution in [0.3, 0.4) is 0 Å². The predicted octanol–water partition coefficient (Wildman–Crippen LogP) is 4.06. The third kappa shape index (κ3) is 3.63. The molecule has 1 saturated heterocycles. The summed E-state index contributed by atoms with van der Waals surface area (Å²) in [5.74, 6) is 0.702. The minimum absolute atomic E-state index is 0.0818. The van der Waals surface area contributed by atoms with Gasteiger partial charge in [0.1, 0.15) is 0 Å². The van der Waals surface area contributed by atoms with Crippen molar-refractivity contribution in [2.24, 2.45) is 5.92 Å². The number of nitrogens with zero attached hydrogens (tertiary/aromatic N) is 1. The fourth-order valence-electron chi connectivity index (χ4n) is 2.12. The smallest absolute Gasteiger partial charge is 0.321 e. The van der Waals surface area contributed by atoms with E-state index >= 15 is 0 Å². The van der Waals surface area contributed by atoms with Gasteiger partial charge in [-0.15, -0.1) is 0 Å². The Balaban J connectivity index is 2.07. The van der Waals surface area contributed by atoms with Crippen molar-refractivity contribution in [2.75, 3.05) is 24.1 Å². The summed E-state index contributed by atoms with van der Waals surface area (Å²) in [4.78, 5) is 14.0. The summed E-state index contributed by atoms with van der Waals surface area (Å²) in [7, 11) is 0. The zero-order valence-electron chi connectivity index (χ0n) is 10.7. The average Bonchev–Trinajstić information content (AvgIpc) is 2.34. The maximum absolute atomic E-state index is 12.2. The van der Waals surface area contributed by atoms with Gasteiger partial charge in [-0.25, -0.2) is 4.79 Å². The number of carbonyl (C=O) groups is 1. The van der Waals surface area contributed by atoms with Crippen molar-refractivity contribution in [3.8, 4) is 0 Å². The average molecular weight is 391 g/mol. The van der Waals surface area contributed by atoms with Crippen LogP contribution < -0.4 is 11.1 Å². The van der Waals surface area contributed by atoms with Crippen molar-refractivity contribution in [1.29, 1.82) is 0 Å². The number of likely N-dealkylation sites (tertiary alicyclic amines) is 1.